The number of phenols is 1. The first-order valence-electron chi connectivity index (χ1n) is 7.51. The summed E-state index contributed by atoms with van der Waals surface area (Å²) in [4.78, 5) is 15.2. The average Bonchev–Trinajstić information content (AvgIpc) is 2.37. The van der Waals surface area contributed by atoms with Crippen molar-refractivity contribution in [3.05, 3.63) is 23.8 Å². The molecular formula is C16H22F2N2O3. The molecule has 0 saturated carbocycles. The maximum absolute atomic E-state index is 14.0. The number of aromatic hydroxyl groups is 1. The van der Waals surface area contributed by atoms with E-state index in [4.69, 9.17) is 4.74 Å². The molecule has 128 valence electrons. The number of benzene rings is 1. The number of ether oxygens (including phenoxy) is 1. The molecule has 1 atom stereocenters. The van der Waals surface area contributed by atoms with Gasteiger partial charge < -0.3 is 19.6 Å². The topological polar surface area (TPSA) is 53.0 Å². The first-order chi connectivity index (χ1) is 10.6. The zero-order valence-corrected chi connectivity index (χ0v) is 13.8. The Bertz CT molecular complexity index is 578. The maximum Gasteiger partial charge on any atom is 0.410 e. The number of amides is 1. The Morgan fingerprint density at radius 1 is 1.26 bits per heavy atom. The predicted octanol–water partition coefficient (Wildman–Crippen LogP) is 3.12. The van der Waals surface area contributed by atoms with Crippen molar-refractivity contribution in [3.63, 3.8) is 0 Å². The summed E-state index contributed by atoms with van der Waals surface area (Å²) >= 11 is 0. The predicted molar refractivity (Wildman–Crippen MR) is 82.6 cm³/mol. The summed E-state index contributed by atoms with van der Waals surface area (Å²) in [6, 6.07) is 1.47. The highest BCUT2D eigenvalue weighted by molar-refractivity contribution is 5.69. The molecule has 1 aliphatic rings. The van der Waals surface area contributed by atoms with E-state index in [1.165, 1.54) is 4.90 Å². The van der Waals surface area contributed by atoms with Crippen LogP contribution in [0, 0.1) is 11.6 Å². The van der Waals surface area contributed by atoms with Gasteiger partial charge in [0.15, 0.2) is 11.6 Å². The number of rotatable bonds is 1. The smallest absolute Gasteiger partial charge is 0.410 e. The van der Waals surface area contributed by atoms with Gasteiger partial charge in [0.1, 0.15) is 17.0 Å². The maximum atomic E-state index is 14.0. The van der Waals surface area contributed by atoms with Gasteiger partial charge in [-0.3, -0.25) is 0 Å². The monoisotopic (exact) mass is 328 g/mol. The van der Waals surface area contributed by atoms with Crippen molar-refractivity contribution in [2.24, 2.45) is 0 Å². The number of anilines is 1. The van der Waals surface area contributed by atoms with Gasteiger partial charge >= 0.3 is 6.09 Å². The fourth-order valence-electron chi connectivity index (χ4n) is 2.61. The van der Waals surface area contributed by atoms with Crippen LogP contribution < -0.4 is 4.90 Å². The number of carbonyl (C=O) groups excluding carboxylic acids is 1. The van der Waals surface area contributed by atoms with E-state index >= 15 is 0 Å². The number of carbonyl (C=O) groups is 1. The van der Waals surface area contributed by atoms with Crippen LogP contribution in [0.5, 0.6) is 5.75 Å². The Morgan fingerprint density at radius 3 is 2.30 bits per heavy atom. The first kappa shape index (κ1) is 17.3. The lowest BCUT2D eigenvalue weighted by atomic mass is 10.1. The van der Waals surface area contributed by atoms with Gasteiger partial charge in [-0.15, -0.1) is 0 Å². The van der Waals surface area contributed by atoms with Crippen LogP contribution >= 0.6 is 0 Å². The lowest BCUT2D eigenvalue weighted by Gasteiger charge is -2.41. The van der Waals surface area contributed by atoms with Crippen LogP contribution in [0.2, 0.25) is 0 Å². The second-order valence-electron chi connectivity index (χ2n) is 6.73. The van der Waals surface area contributed by atoms with Gasteiger partial charge in [0.2, 0.25) is 0 Å². The molecule has 0 radical (unpaired) electrons. The van der Waals surface area contributed by atoms with E-state index in [1.54, 1.807) is 32.6 Å². The third kappa shape index (κ3) is 4.03. The SMILES string of the molecule is CC1CN(C(=O)OC(C)(C)C)CCN1c1c(F)cc(O)cc1F. The summed E-state index contributed by atoms with van der Waals surface area (Å²) in [6.45, 7) is 8.01. The van der Waals surface area contributed by atoms with Crippen LogP contribution in [0.25, 0.3) is 0 Å². The molecule has 2 rings (SSSR count). The van der Waals surface area contributed by atoms with Gasteiger partial charge in [0, 0.05) is 37.8 Å². The Balaban J connectivity index is 2.12. The minimum absolute atomic E-state index is 0.181. The molecule has 7 heteroatoms. The Hall–Kier alpha value is -2.05. The normalized spacial score (nSPS) is 19.0. The van der Waals surface area contributed by atoms with Crippen molar-refractivity contribution in [1.82, 2.24) is 4.90 Å². The van der Waals surface area contributed by atoms with E-state index in [2.05, 4.69) is 0 Å². The molecule has 1 aromatic carbocycles. The summed E-state index contributed by atoms with van der Waals surface area (Å²) < 4.78 is 33.3. The molecule has 1 aliphatic heterocycles. The van der Waals surface area contributed by atoms with E-state index in [0.29, 0.717) is 13.1 Å². The quantitative estimate of drug-likeness (QED) is 0.861. The average molecular weight is 328 g/mol. The zero-order chi connectivity index (χ0) is 17.4. The molecule has 23 heavy (non-hydrogen) atoms. The van der Waals surface area contributed by atoms with Crippen molar-refractivity contribution in [2.45, 2.75) is 39.3 Å². The van der Waals surface area contributed by atoms with Crippen molar-refractivity contribution in [1.29, 1.82) is 0 Å². The van der Waals surface area contributed by atoms with E-state index in [0.717, 1.165) is 12.1 Å². The fourth-order valence-corrected chi connectivity index (χ4v) is 2.61. The molecule has 1 N–H and O–H groups in total. The number of nitrogens with zero attached hydrogens (tertiary/aromatic N) is 2. The molecule has 1 amide bonds. The van der Waals surface area contributed by atoms with Crippen molar-refractivity contribution >= 4 is 11.8 Å². The van der Waals surface area contributed by atoms with E-state index < -0.39 is 29.1 Å². The number of hydrogen-bond acceptors (Lipinski definition) is 4. The number of hydrogen-bond donors (Lipinski definition) is 1. The van der Waals surface area contributed by atoms with Crippen LogP contribution in [0.4, 0.5) is 19.3 Å². The highest BCUT2D eigenvalue weighted by Gasteiger charge is 2.32. The van der Waals surface area contributed by atoms with E-state index in [-0.39, 0.29) is 18.3 Å². The van der Waals surface area contributed by atoms with Crippen molar-refractivity contribution in [2.75, 3.05) is 24.5 Å². The van der Waals surface area contributed by atoms with Crippen LogP contribution in [-0.4, -0.2) is 47.4 Å². The zero-order valence-electron chi connectivity index (χ0n) is 13.8. The molecule has 1 aromatic rings. The molecule has 1 heterocycles. The Labute approximate surface area is 134 Å². The first-order valence-corrected chi connectivity index (χ1v) is 7.51. The van der Waals surface area contributed by atoms with Gasteiger partial charge in [-0.05, 0) is 27.7 Å². The summed E-state index contributed by atoms with van der Waals surface area (Å²) in [7, 11) is 0. The van der Waals surface area contributed by atoms with Crippen LogP contribution in [0.1, 0.15) is 27.7 Å². The molecule has 1 fully saturated rings. The van der Waals surface area contributed by atoms with Crippen molar-refractivity contribution in [3.8, 4) is 5.75 Å². The summed E-state index contributed by atoms with van der Waals surface area (Å²) in [6.07, 6.45) is -0.435. The van der Waals surface area contributed by atoms with Crippen LogP contribution in [0.15, 0.2) is 12.1 Å². The minimum atomic E-state index is -0.819. The standard InChI is InChI=1S/C16H22F2N2O3/c1-10-9-19(15(22)23-16(2,3)4)5-6-20(10)14-12(17)7-11(21)8-13(14)18/h7-8,10,21H,5-6,9H2,1-4H3. The van der Waals surface area contributed by atoms with E-state index in [1.807, 2.05) is 0 Å². The highest BCUT2D eigenvalue weighted by Crippen LogP contribution is 2.30. The van der Waals surface area contributed by atoms with Crippen LogP contribution in [0.3, 0.4) is 0 Å². The van der Waals surface area contributed by atoms with Gasteiger partial charge in [0.25, 0.3) is 0 Å². The second kappa shape index (κ2) is 6.22. The van der Waals surface area contributed by atoms with Crippen LogP contribution in [-0.2, 0) is 4.74 Å². The van der Waals surface area contributed by atoms with Crippen molar-refractivity contribution < 1.29 is 23.4 Å². The fraction of sp³-hybridized carbons (Fsp3) is 0.562. The van der Waals surface area contributed by atoms with Gasteiger partial charge in [-0.2, -0.15) is 0 Å². The number of phenolic OH excluding ortho intramolecular Hbond substituents is 1. The number of piperazine rings is 1. The summed E-state index contributed by atoms with van der Waals surface area (Å²) in [5, 5.41) is 9.24. The summed E-state index contributed by atoms with van der Waals surface area (Å²) in [5.41, 5.74) is -0.772. The van der Waals surface area contributed by atoms with Gasteiger partial charge in [-0.25, -0.2) is 13.6 Å². The third-order valence-corrected chi connectivity index (χ3v) is 3.57. The molecule has 1 saturated heterocycles. The lowest BCUT2D eigenvalue weighted by molar-refractivity contribution is 0.0218. The Kier molecular flexibility index (Phi) is 4.68. The lowest BCUT2D eigenvalue weighted by Crippen LogP contribution is -2.55. The summed E-state index contributed by atoms with van der Waals surface area (Å²) in [5.74, 6) is -2.09. The highest BCUT2D eigenvalue weighted by atomic mass is 19.1. The molecule has 0 aliphatic carbocycles. The molecule has 1 unspecified atom stereocenters. The van der Waals surface area contributed by atoms with Gasteiger partial charge in [-0.1, -0.05) is 0 Å². The molecule has 0 aromatic heterocycles. The second-order valence-corrected chi connectivity index (χ2v) is 6.73. The molecule has 0 bridgehead atoms. The minimum Gasteiger partial charge on any atom is -0.508 e. The Morgan fingerprint density at radius 2 is 1.83 bits per heavy atom. The molecule has 5 nitrogen and oxygen atoms in total. The molecular weight excluding hydrogens is 306 g/mol. The van der Waals surface area contributed by atoms with Gasteiger partial charge in [0.05, 0.1) is 0 Å². The third-order valence-electron chi connectivity index (χ3n) is 3.57. The largest absolute Gasteiger partial charge is 0.508 e. The number of halogens is 2. The van der Waals surface area contributed by atoms with E-state index in [9.17, 15) is 18.7 Å². The molecule has 0 spiro atoms.